The maximum atomic E-state index is 13.7. The third-order valence-electron chi connectivity index (χ3n) is 6.49. The molecule has 2 heterocycles. The lowest BCUT2D eigenvalue weighted by atomic mass is 10.1. The number of Topliss-reactive ketones (excluding diaryl/α,β-unsaturated/α-hetero) is 1. The summed E-state index contributed by atoms with van der Waals surface area (Å²) in [6, 6.07) is 21.9. The Morgan fingerprint density at radius 3 is 2.08 bits per heavy atom. The molecule has 1 saturated heterocycles. The first-order chi connectivity index (χ1) is 17.5. The Morgan fingerprint density at radius 2 is 1.44 bits per heavy atom. The van der Waals surface area contributed by atoms with E-state index >= 15 is 0 Å². The molecular weight excluding hydrogens is 456 g/mol. The molecule has 182 valence electrons. The van der Waals surface area contributed by atoms with Crippen molar-refractivity contribution in [2.45, 2.75) is 6.92 Å². The molecular formula is C28H26N4O4. The summed E-state index contributed by atoms with van der Waals surface area (Å²) >= 11 is 0. The number of methoxy groups -OCH3 is 1. The van der Waals surface area contributed by atoms with E-state index in [1.54, 1.807) is 29.7 Å². The SMILES string of the molecule is COC(=O)c1ccc2c(=O)n(-c3ccccc3)c(N3CCN(c4ccc(C(C)=O)cc4)CC3)nc2c1. The van der Waals surface area contributed by atoms with Gasteiger partial charge in [-0.1, -0.05) is 18.2 Å². The molecule has 36 heavy (non-hydrogen) atoms. The van der Waals surface area contributed by atoms with Gasteiger partial charge in [-0.3, -0.25) is 9.59 Å². The van der Waals surface area contributed by atoms with Gasteiger partial charge in [0.05, 0.1) is 29.3 Å². The molecule has 1 fully saturated rings. The summed E-state index contributed by atoms with van der Waals surface area (Å²) in [6.45, 7) is 4.31. The fourth-order valence-corrected chi connectivity index (χ4v) is 4.51. The Bertz CT molecular complexity index is 1490. The van der Waals surface area contributed by atoms with E-state index in [-0.39, 0.29) is 11.3 Å². The Morgan fingerprint density at radius 1 is 0.806 bits per heavy atom. The highest BCUT2D eigenvalue weighted by Crippen LogP contribution is 2.24. The van der Waals surface area contributed by atoms with Crippen LogP contribution < -0.4 is 15.4 Å². The number of piperazine rings is 1. The summed E-state index contributed by atoms with van der Waals surface area (Å²) in [5.41, 5.74) is 3.07. The first-order valence-electron chi connectivity index (χ1n) is 11.8. The molecule has 0 aliphatic carbocycles. The second-order valence-electron chi connectivity index (χ2n) is 8.69. The first-order valence-corrected chi connectivity index (χ1v) is 11.8. The fraction of sp³-hybridized carbons (Fsp3) is 0.214. The van der Waals surface area contributed by atoms with Crippen LogP contribution in [0.3, 0.4) is 0 Å². The zero-order valence-electron chi connectivity index (χ0n) is 20.2. The van der Waals surface area contributed by atoms with Crippen LogP contribution in [0.25, 0.3) is 16.6 Å². The Kier molecular flexibility index (Phi) is 6.25. The second-order valence-corrected chi connectivity index (χ2v) is 8.69. The van der Waals surface area contributed by atoms with Crippen LogP contribution in [0, 0.1) is 0 Å². The average molecular weight is 483 g/mol. The molecule has 0 atom stereocenters. The van der Waals surface area contributed by atoms with Crippen molar-refractivity contribution >= 4 is 34.3 Å². The van der Waals surface area contributed by atoms with E-state index in [2.05, 4.69) is 9.80 Å². The van der Waals surface area contributed by atoms with Crippen LogP contribution in [0.15, 0.2) is 77.6 Å². The normalized spacial score (nSPS) is 13.6. The third-order valence-corrected chi connectivity index (χ3v) is 6.49. The number of benzene rings is 3. The molecule has 0 saturated carbocycles. The lowest BCUT2D eigenvalue weighted by Gasteiger charge is -2.37. The highest BCUT2D eigenvalue weighted by atomic mass is 16.5. The van der Waals surface area contributed by atoms with Crippen molar-refractivity contribution < 1.29 is 14.3 Å². The monoisotopic (exact) mass is 482 g/mol. The Labute approximate surface area is 208 Å². The number of hydrogen-bond donors (Lipinski definition) is 0. The minimum atomic E-state index is -0.475. The van der Waals surface area contributed by atoms with Crippen LogP contribution in [0.5, 0.6) is 0 Å². The van der Waals surface area contributed by atoms with E-state index in [1.165, 1.54) is 7.11 Å². The summed E-state index contributed by atoms with van der Waals surface area (Å²) in [7, 11) is 1.33. The van der Waals surface area contributed by atoms with E-state index in [0.29, 0.717) is 41.1 Å². The molecule has 0 N–H and O–H groups in total. The smallest absolute Gasteiger partial charge is 0.337 e. The van der Waals surface area contributed by atoms with Gasteiger partial charge in [0, 0.05) is 37.4 Å². The first kappa shape index (κ1) is 23.3. The topological polar surface area (TPSA) is 84.7 Å². The van der Waals surface area contributed by atoms with E-state index in [9.17, 15) is 14.4 Å². The van der Waals surface area contributed by atoms with E-state index in [1.807, 2.05) is 54.6 Å². The number of nitrogens with zero attached hydrogens (tertiary/aromatic N) is 4. The maximum absolute atomic E-state index is 13.7. The number of ether oxygens (including phenoxy) is 1. The second kappa shape index (κ2) is 9.65. The quantitative estimate of drug-likeness (QED) is 0.317. The molecule has 3 aromatic carbocycles. The van der Waals surface area contributed by atoms with Crippen LogP contribution in [0.1, 0.15) is 27.6 Å². The van der Waals surface area contributed by atoms with Crippen molar-refractivity contribution in [1.29, 1.82) is 0 Å². The van der Waals surface area contributed by atoms with E-state index in [4.69, 9.17) is 9.72 Å². The zero-order chi connectivity index (χ0) is 25.2. The molecule has 0 unspecified atom stereocenters. The van der Waals surface area contributed by atoms with Crippen molar-refractivity contribution in [2.24, 2.45) is 0 Å². The number of carbonyl (C=O) groups excluding carboxylic acids is 2. The number of anilines is 2. The summed E-state index contributed by atoms with van der Waals surface area (Å²) in [4.78, 5) is 46.5. The number of hydrogen-bond acceptors (Lipinski definition) is 7. The van der Waals surface area contributed by atoms with Gasteiger partial charge < -0.3 is 14.5 Å². The standard InChI is InChI=1S/C28H26N4O4/c1-19(33)20-8-11-22(12-9-20)30-14-16-31(17-15-30)28-29-25-18-21(27(35)36-2)10-13-24(25)26(34)32(28)23-6-4-3-5-7-23/h3-13,18H,14-17H2,1-2H3. The molecule has 0 amide bonds. The van der Waals surface area contributed by atoms with Gasteiger partial charge in [0.25, 0.3) is 5.56 Å². The molecule has 0 spiro atoms. The van der Waals surface area contributed by atoms with Crippen LogP contribution in [0.2, 0.25) is 0 Å². The number of ketones is 1. The summed E-state index contributed by atoms with van der Waals surface area (Å²) < 4.78 is 6.48. The minimum Gasteiger partial charge on any atom is -0.465 e. The number of rotatable bonds is 5. The molecule has 0 bridgehead atoms. The molecule has 8 nitrogen and oxygen atoms in total. The average Bonchev–Trinajstić information content (AvgIpc) is 2.93. The van der Waals surface area contributed by atoms with Gasteiger partial charge in [0.15, 0.2) is 5.78 Å². The molecule has 1 aliphatic rings. The Hall–Kier alpha value is -4.46. The highest BCUT2D eigenvalue weighted by Gasteiger charge is 2.24. The van der Waals surface area contributed by atoms with Gasteiger partial charge in [-0.15, -0.1) is 0 Å². The maximum Gasteiger partial charge on any atom is 0.337 e. The number of aromatic nitrogens is 2. The summed E-state index contributed by atoms with van der Waals surface area (Å²) in [6.07, 6.45) is 0. The van der Waals surface area contributed by atoms with Crippen LogP contribution in [-0.4, -0.2) is 54.6 Å². The van der Waals surface area contributed by atoms with Crippen molar-refractivity contribution in [3.63, 3.8) is 0 Å². The fourth-order valence-electron chi connectivity index (χ4n) is 4.51. The van der Waals surface area contributed by atoms with Gasteiger partial charge in [0.1, 0.15) is 0 Å². The van der Waals surface area contributed by atoms with E-state index in [0.717, 1.165) is 24.5 Å². The Balaban J connectivity index is 1.52. The number of esters is 1. The summed E-state index contributed by atoms with van der Waals surface area (Å²) in [5.74, 6) is 0.104. The van der Waals surface area contributed by atoms with Gasteiger partial charge in [-0.05, 0) is 61.5 Å². The van der Waals surface area contributed by atoms with Gasteiger partial charge in [-0.25, -0.2) is 14.3 Å². The predicted octanol–water partition coefficient (Wildman–Crippen LogP) is 3.70. The van der Waals surface area contributed by atoms with Crippen LogP contribution in [0.4, 0.5) is 11.6 Å². The van der Waals surface area contributed by atoms with Crippen LogP contribution in [-0.2, 0) is 4.74 Å². The van der Waals surface area contributed by atoms with Crippen LogP contribution >= 0.6 is 0 Å². The van der Waals surface area contributed by atoms with Crippen molar-refractivity contribution in [1.82, 2.24) is 9.55 Å². The van der Waals surface area contributed by atoms with Crippen molar-refractivity contribution in [2.75, 3.05) is 43.1 Å². The van der Waals surface area contributed by atoms with Crippen molar-refractivity contribution in [3.8, 4) is 5.69 Å². The molecule has 1 aromatic heterocycles. The lowest BCUT2D eigenvalue weighted by molar-refractivity contribution is 0.0600. The molecule has 4 aromatic rings. The minimum absolute atomic E-state index is 0.0444. The third kappa shape index (κ3) is 4.33. The van der Waals surface area contributed by atoms with Gasteiger partial charge in [-0.2, -0.15) is 0 Å². The lowest BCUT2D eigenvalue weighted by Crippen LogP contribution is -2.48. The number of carbonyl (C=O) groups is 2. The predicted molar refractivity (Wildman–Crippen MR) is 140 cm³/mol. The molecule has 1 aliphatic heterocycles. The molecule has 0 radical (unpaired) electrons. The highest BCUT2D eigenvalue weighted by molar-refractivity contribution is 5.95. The number of fused-ring (bicyclic) bond motifs is 1. The largest absolute Gasteiger partial charge is 0.465 e. The van der Waals surface area contributed by atoms with Gasteiger partial charge >= 0.3 is 5.97 Å². The van der Waals surface area contributed by atoms with E-state index < -0.39 is 5.97 Å². The molecule has 5 rings (SSSR count). The molecule has 8 heteroatoms. The van der Waals surface area contributed by atoms with Gasteiger partial charge in [0.2, 0.25) is 5.95 Å². The summed E-state index contributed by atoms with van der Waals surface area (Å²) in [5, 5.41) is 0.430. The zero-order valence-corrected chi connectivity index (χ0v) is 20.2. The van der Waals surface area contributed by atoms with Crippen molar-refractivity contribution in [3.05, 3.63) is 94.3 Å². The number of para-hydroxylation sites is 1.